The molecule has 0 radical (unpaired) electrons. The van der Waals surface area contributed by atoms with Gasteiger partial charge in [-0.1, -0.05) is 23.1 Å². The zero-order chi connectivity index (χ0) is 5.98. The molecule has 0 fully saturated rings. The minimum absolute atomic E-state index is 0.849. The van der Waals surface area contributed by atoms with Crippen molar-refractivity contribution in [1.82, 2.24) is 10.2 Å². The number of aromatic nitrogens is 2. The zero-order valence-electron chi connectivity index (χ0n) is 4.09. The quantitative estimate of drug-likeness (QED) is 0.664. The summed E-state index contributed by atoms with van der Waals surface area (Å²) in [5.74, 6) is 0. The van der Waals surface area contributed by atoms with E-state index in [1.807, 2.05) is 6.26 Å². The highest BCUT2D eigenvalue weighted by Crippen LogP contribution is 2.22. The van der Waals surface area contributed by atoms with Crippen molar-refractivity contribution in [3.05, 3.63) is 3.92 Å². The lowest BCUT2D eigenvalue weighted by Gasteiger charge is -1.75. The lowest BCUT2D eigenvalue weighted by molar-refractivity contribution is 0.999. The maximum absolute atomic E-state index is 3.82. The molecule has 0 aliphatic carbocycles. The molecule has 5 heteroatoms. The molecule has 0 bridgehead atoms. The molecule has 0 aliphatic heterocycles. The number of thioether (sulfide) groups is 1. The molecule has 1 aromatic rings. The second kappa shape index (κ2) is 2.80. The monoisotopic (exact) mass is 210 g/mol. The highest BCUT2D eigenvalue weighted by molar-refractivity contribution is 9.11. The molecule has 2 nitrogen and oxygen atoms in total. The first-order chi connectivity index (χ1) is 3.83. The van der Waals surface area contributed by atoms with Crippen LogP contribution in [0.4, 0.5) is 0 Å². The summed E-state index contributed by atoms with van der Waals surface area (Å²) >= 11 is 6.35. The SMILES string of the molecule is CSc1nnc(Br)s1. The van der Waals surface area contributed by atoms with Crippen LogP contribution in [0.15, 0.2) is 8.26 Å². The molecule has 1 rings (SSSR count). The predicted octanol–water partition coefficient (Wildman–Crippen LogP) is 2.02. The van der Waals surface area contributed by atoms with E-state index in [0.29, 0.717) is 0 Å². The number of hydrogen-bond donors (Lipinski definition) is 0. The number of nitrogens with zero attached hydrogens (tertiary/aromatic N) is 2. The molecule has 0 aromatic carbocycles. The van der Waals surface area contributed by atoms with Gasteiger partial charge in [0.15, 0.2) is 8.26 Å². The average molecular weight is 211 g/mol. The maximum atomic E-state index is 3.82. The molecule has 0 saturated heterocycles. The largest absolute Gasteiger partial charge is 0.184 e. The van der Waals surface area contributed by atoms with Crippen molar-refractivity contribution in [2.24, 2.45) is 0 Å². The van der Waals surface area contributed by atoms with Gasteiger partial charge >= 0.3 is 0 Å². The average Bonchev–Trinajstić information content (AvgIpc) is 2.14. The van der Waals surface area contributed by atoms with E-state index in [2.05, 4.69) is 26.1 Å². The van der Waals surface area contributed by atoms with E-state index < -0.39 is 0 Å². The number of halogens is 1. The molecule has 0 aliphatic rings. The van der Waals surface area contributed by atoms with E-state index in [1.54, 1.807) is 23.1 Å². The standard InChI is InChI=1S/C3H3BrN2S2/c1-7-3-6-5-2(4)8-3/h1H3. The van der Waals surface area contributed by atoms with E-state index in [-0.39, 0.29) is 0 Å². The van der Waals surface area contributed by atoms with Crippen molar-refractivity contribution in [2.45, 2.75) is 4.34 Å². The van der Waals surface area contributed by atoms with Crippen molar-refractivity contribution < 1.29 is 0 Å². The minimum Gasteiger partial charge on any atom is -0.131 e. The molecule has 0 N–H and O–H groups in total. The summed E-state index contributed by atoms with van der Waals surface area (Å²) in [5.41, 5.74) is 0. The molecular weight excluding hydrogens is 208 g/mol. The minimum atomic E-state index is 0.849. The first-order valence-corrected chi connectivity index (χ1v) is 4.69. The van der Waals surface area contributed by atoms with Gasteiger partial charge < -0.3 is 0 Å². The van der Waals surface area contributed by atoms with Gasteiger partial charge in [0, 0.05) is 0 Å². The second-order valence-corrected chi connectivity index (χ2v) is 4.33. The second-order valence-electron chi connectivity index (χ2n) is 1.03. The predicted molar refractivity (Wildman–Crippen MR) is 39.4 cm³/mol. The van der Waals surface area contributed by atoms with Gasteiger partial charge in [-0.15, -0.1) is 10.2 Å². The summed E-state index contributed by atoms with van der Waals surface area (Å²) in [5, 5.41) is 7.57. The van der Waals surface area contributed by atoms with Gasteiger partial charge in [-0.3, -0.25) is 0 Å². The molecule has 1 heterocycles. The van der Waals surface area contributed by atoms with Crippen LogP contribution in [-0.4, -0.2) is 16.5 Å². The van der Waals surface area contributed by atoms with Gasteiger partial charge in [0.2, 0.25) is 0 Å². The fourth-order valence-electron chi connectivity index (χ4n) is 0.275. The summed E-state index contributed by atoms with van der Waals surface area (Å²) < 4.78 is 1.85. The van der Waals surface area contributed by atoms with E-state index in [4.69, 9.17) is 0 Å². The van der Waals surface area contributed by atoms with Crippen LogP contribution in [0.2, 0.25) is 0 Å². The molecule has 1 aromatic heterocycles. The van der Waals surface area contributed by atoms with E-state index in [9.17, 15) is 0 Å². The molecule has 0 spiro atoms. The Balaban J connectivity index is 2.84. The van der Waals surface area contributed by atoms with Crippen molar-refractivity contribution >= 4 is 39.0 Å². The molecule has 0 unspecified atom stereocenters. The normalized spacial score (nSPS) is 9.75. The number of hydrogen-bond acceptors (Lipinski definition) is 4. The number of rotatable bonds is 1. The van der Waals surface area contributed by atoms with Crippen LogP contribution in [0, 0.1) is 0 Å². The Labute approximate surface area is 63.8 Å². The van der Waals surface area contributed by atoms with E-state index >= 15 is 0 Å². The van der Waals surface area contributed by atoms with Crippen LogP contribution >= 0.6 is 39.0 Å². The molecule has 8 heavy (non-hydrogen) atoms. The molecule has 0 saturated carbocycles. The molecule has 0 amide bonds. The summed E-state index contributed by atoms with van der Waals surface area (Å²) in [4.78, 5) is 0. The first kappa shape index (κ1) is 6.51. The Morgan fingerprint density at radius 1 is 1.62 bits per heavy atom. The Bertz CT molecular complexity index is 176. The van der Waals surface area contributed by atoms with Crippen molar-refractivity contribution in [3.8, 4) is 0 Å². The van der Waals surface area contributed by atoms with E-state index in [1.165, 1.54) is 0 Å². The van der Waals surface area contributed by atoms with Crippen LogP contribution in [0.5, 0.6) is 0 Å². The highest BCUT2D eigenvalue weighted by atomic mass is 79.9. The zero-order valence-corrected chi connectivity index (χ0v) is 7.31. The fraction of sp³-hybridized carbons (Fsp3) is 0.333. The Morgan fingerprint density at radius 3 is 2.62 bits per heavy atom. The van der Waals surface area contributed by atoms with Crippen LogP contribution in [0.25, 0.3) is 0 Å². The Morgan fingerprint density at radius 2 is 2.38 bits per heavy atom. The Hall–Kier alpha value is 0.390. The summed E-state index contributed by atoms with van der Waals surface area (Å²) in [6.07, 6.45) is 1.98. The van der Waals surface area contributed by atoms with Crippen molar-refractivity contribution in [2.75, 3.05) is 6.26 Å². The molecule has 0 atom stereocenters. The fourth-order valence-corrected chi connectivity index (χ4v) is 2.14. The summed E-state index contributed by atoms with van der Waals surface area (Å²) in [6, 6.07) is 0. The maximum Gasteiger partial charge on any atom is 0.184 e. The van der Waals surface area contributed by atoms with Gasteiger partial charge in [-0.2, -0.15) is 0 Å². The third kappa shape index (κ3) is 1.43. The van der Waals surface area contributed by atoms with Gasteiger partial charge in [0.25, 0.3) is 0 Å². The lowest BCUT2D eigenvalue weighted by Crippen LogP contribution is -1.65. The Kier molecular flexibility index (Phi) is 2.27. The molecule has 44 valence electrons. The van der Waals surface area contributed by atoms with Crippen LogP contribution in [0.1, 0.15) is 0 Å². The van der Waals surface area contributed by atoms with Gasteiger partial charge in [0.1, 0.15) is 0 Å². The molecular formula is C3H3BrN2S2. The van der Waals surface area contributed by atoms with Crippen LogP contribution in [-0.2, 0) is 0 Å². The van der Waals surface area contributed by atoms with Crippen LogP contribution in [0.3, 0.4) is 0 Å². The van der Waals surface area contributed by atoms with Crippen molar-refractivity contribution in [1.29, 1.82) is 0 Å². The third-order valence-corrected chi connectivity index (χ3v) is 2.89. The van der Waals surface area contributed by atoms with Gasteiger partial charge in [0.05, 0.1) is 0 Å². The van der Waals surface area contributed by atoms with Crippen LogP contribution < -0.4 is 0 Å². The highest BCUT2D eigenvalue weighted by Gasteiger charge is 1.95. The van der Waals surface area contributed by atoms with E-state index in [0.717, 1.165) is 8.26 Å². The third-order valence-electron chi connectivity index (χ3n) is 0.556. The summed E-state index contributed by atoms with van der Waals surface area (Å²) in [6.45, 7) is 0. The van der Waals surface area contributed by atoms with Crippen molar-refractivity contribution in [3.63, 3.8) is 0 Å². The summed E-state index contributed by atoms with van der Waals surface area (Å²) in [7, 11) is 0. The van der Waals surface area contributed by atoms with Gasteiger partial charge in [-0.05, 0) is 22.2 Å². The van der Waals surface area contributed by atoms with Gasteiger partial charge in [-0.25, -0.2) is 0 Å². The topological polar surface area (TPSA) is 25.8 Å². The lowest BCUT2D eigenvalue weighted by atomic mass is 11.6. The first-order valence-electron chi connectivity index (χ1n) is 1.86. The smallest absolute Gasteiger partial charge is 0.131 e.